The highest BCUT2D eigenvalue weighted by Crippen LogP contribution is 2.54. The molecule has 6 atom stereocenters. The largest absolute Gasteiger partial charge is 0.394 e. The number of aliphatic hydroxyl groups is 1. The van der Waals surface area contributed by atoms with Gasteiger partial charge >= 0.3 is 0 Å². The maximum Gasteiger partial charge on any atom is 0.249 e. The van der Waals surface area contributed by atoms with E-state index in [1.165, 1.54) is 6.42 Å². The third kappa shape index (κ3) is 3.84. The van der Waals surface area contributed by atoms with Crippen LogP contribution in [0.25, 0.3) is 0 Å². The molecule has 1 N–H and O–H groups in total. The van der Waals surface area contributed by atoms with Crippen molar-refractivity contribution in [3.63, 3.8) is 0 Å². The third-order valence-electron chi connectivity index (χ3n) is 8.69. The van der Waals surface area contributed by atoms with Crippen LogP contribution in [-0.4, -0.2) is 94.1 Å². The van der Waals surface area contributed by atoms with Crippen LogP contribution in [0, 0.1) is 17.8 Å². The van der Waals surface area contributed by atoms with Crippen molar-refractivity contribution in [3.05, 3.63) is 24.3 Å². The lowest BCUT2D eigenvalue weighted by Gasteiger charge is -2.41. The van der Waals surface area contributed by atoms with Crippen molar-refractivity contribution < 1.29 is 24.2 Å². The number of hydrogen-bond donors (Lipinski definition) is 1. The first-order valence-corrected chi connectivity index (χ1v) is 13.3. The monoisotopic (exact) mass is 485 g/mol. The van der Waals surface area contributed by atoms with Crippen LogP contribution in [-0.2, 0) is 19.1 Å². The van der Waals surface area contributed by atoms with E-state index in [4.69, 9.17) is 4.74 Å². The molecule has 8 heteroatoms. The van der Waals surface area contributed by atoms with Crippen LogP contribution in [0.4, 0.5) is 0 Å². The summed E-state index contributed by atoms with van der Waals surface area (Å²) in [4.78, 5) is 47.2. The Hall–Kier alpha value is -2.19. The van der Waals surface area contributed by atoms with Gasteiger partial charge in [-0.15, -0.1) is 0 Å². The smallest absolute Gasteiger partial charge is 0.249 e. The molecule has 35 heavy (non-hydrogen) atoms. The Bertz CT molecular complexity index is 926. The van der Waals surface area contributed by atoms with Gasteiger partial charge < -0.3 is 24.5 Å². The van der Waals surface area contributed by atoms with Crippen LogP contribution in [0.5, 0.6) is 0 Å². The van der Waals surface area contributed by atoms with E-state index in [1.54, 1.807) is 16.8 Å². The van der Waals surface area contributed by atoms with Gasteiger partial charge in [-0.25, -0.2) is 0 Å². The van der Waals surface area contributed by atoms with E-state index in [1.807, 2.05) is 43.1 Å². The van der Waals surface area contributed by atoms with Crippen LogP contribution in [0.2, 0.25) is 0 Å². The highest BCUT2D eigenvalue weighted by molar-refractivity contribution is 6.00. The average molecular weight is 486 g/mol. The van der Waals surface area contributed by atoms with Crippen molar-refractivity contribution >= 4 is 17.7 Å². The molecule has 0 radical (unpaired) electrons. The molecular weight excluding hydrogens is 446 g/mol. The lowest BCUT2D eigenvalue weighted by atomic mass is 9.77. The maximum absolute atomic E-state index is 14.4. The van der Waals surface area contributed by atoms with Gasteiger partial charge in [0.1, 0.15) is 11.6 Å². The number of carbonyl (C=O) groups is 3. The van der Waals surface area contributed by atoms with E-state index in [2.05, 4.69) is 0 Å². The van der Waals surface area contributed by atoms with Crippen LogP contribution in [0.3, 0.4) is 0 Å². The molecule has 2 saturated heterocycles. The van der Waals surface area contributed by atoms with E-state index in [0.717, 1.165) is 25.7 Å². The van der Waals surface area contributed by atoms with Crippen molar-refractivity contribution in [2.24, 2.45) is 17.8 Å². The molecule has 4 heterocycles. The molecule has 4 aliphatic heterocycles. The molecule has 1 aliphatic carbocycles. The molecule has 0 bridgehead atoms. The van der Waals surface area contributed by atoms with Crippen LogP contribution >= 0.6 is 0 Å². The fourth-order valence-corrected chi connectivity index (χ4v) is 7.15. The minimum absolute atomic E-state index is 0.110. The summed E-state index contributed by atoms with van der Waals surface area (Å²) in [6, 6.07) is -1.24. The zero-order chi connectivity index (χ0) is 24.9. The van der Waals surface area contributed by atoms with Gasteiger partial charge in [-0.05, 0) is 25.2 Å². The van der Waals surface area contributed by atoms with Crippen LogP contribution in [0.15, 0.2) is 24.3 Å². The van der Waals surface area contributed by atoms with Gasteiger partial charge in [0.05, 0.1) is 30.6 Å². The molecule has 1 saturated carbocycles. The predicted molar refractivity (Wildman–Crippen MR) is 130 cm³/mol. The second-order valence-electron chi connectivity index (χ2n) is 11.4. The lowest BCUT2D eigenvalue weighted by Crippen LogP contribution is -2.59. The Morgan fingerprint density at radius 3 is 2.49 bits per heavy atom. The number of nitrogens with zero attached hydrogens (tertiary/aromatic N) is 3. The number of carbonyl (C=O) groups excluding carboxylic acids is 3. The summed E-state index contributed by atoms with van der Waals surface area (Å²) < 4.78 is 6.65. The molecule has 1 unspecified atom stereocenters. The number of ether oxygens (including phenoxy) is 1. The van der Waals surface area contributed by atoms with Gasteiger partial charge in [0.15, 0.2) is 0 Å². The first kappa shape index (κ1) is 24.5. The molecule has 5 aliphatic rings. The second kappa shape index (κ2) is 9.36. The third-order valence-corrected chi connectivity index (χ3v) is 8.69. The Kier molecular flexibility index (Phi) is 6.55. The van der Waals surface area contributed by atoms with Gasteiger partial charge in [-0.2, -0.15) is 0 Å². The highest BCUT2D eigenvalue weighted by atomic mass is 16.5. The molecule has 3 amide bonds. The summed E-state index contributed by atoms with van der Waals surface area (Å²) in [5.41, 5.74) is -1.21. The molecule has 0 aromatic carbocycles. The predicted octanol–water partition coefficient (Wildman–Crippen LogP) is 1.73. The molecule has 0 aromatic rings. The van der Waals surface area contributed by atoms with Crippen molar-refractivity contribution in [3.8, 4) is 0 Å². The number of hydrogen-bond acceptors (Lipinski definition) is 5. The van der Waals surface area contributed by atoms with Crippen LogP contribution < -0.4 is 0 Å². The van der Waals surface area contributed by atoms with Crippen molar-refractivity contribution in [2.45, 2.75) is 82.2 Å². The number of aliphatic hydroxyl groups excluding tert-OH is 1. The molecule has 3 fully saturated rings. The highest BCUT2D eigenvalue weighted by Gasteiger charge is 2.72. The lowest BCUT2D eigenvalue weighted by molar-refractivity contribution is -0.153. The zero-order valence-electron chi connectivity index (χ0n) is 21.1. The Labute approximate surface area is 207 Å². The number of rotatable bonds is 5. The first-order valence-electron chi connectivity index (χ1n) is 13.3. The minimum atomic E-state index is -1.21. The topological polar surface area (TPSA) is 90.4 Å². The summed E-state index contributed by atoms with van der Waals surface area (Å²) in [5, 5.41) is 10.4. The summed E-state index contributed by atoms with van der Waals surface area (Å²) >= 11 is 0. The van der Waals surface area contributed by atoms with Crippen molar-refractivity contribution in [1.82, 2.24) is 14.7 Å². The minimum Gasteiger partial charge on any atom is -0.394 e. The number of fused-ring (bicyclic) bond motifs is 2. The van der Waals surface area contributed by atoms with Gasteiger partial charge in [0.2, 0.25) is 17.7 Å². The maximum atomic E-state index is 14.4. The normalized spacial score (nSPS) is 36.4. The first-order chi connectivity index (χ1) is 16.8. The molecule has 192 valence electrons. The van der Waals surface area contributed by atoms with Gasteiger partial charge in [0.25, 0.3) is 0 Å². The SMILES string of the molecule is CC(C)C[C@H](CO)N1C(=O)[C@@H]2[C@H]3C(=O)N(C)CC=C[C@H]3O[C@@]23C=CCN(C2CCCCC2)C(=O)C13. The Morgan fingerprint density at radius 1 is 1.06 bits per heavy atom. The number of likely N-dealkylation sites (tertiary alicyclic amines) is 1. The van der Waals surface area contributed by atoms with E-state index >= 15 is 0 Å². The fraction of sp³-hybridized carbons (Fsp3) is 0.741. The van der Waals surface area contributed by atoms with Crippen molar-refractivity contribution in [1.29, 1.82) is 0 Å². The molecule has 0 aromatic heterocycles. The molecule has 8 nitrogen and oxygen atoms in total. The Morgan fingerprint density at radius 2 is 1.80 bits per heavy atom. The summed E-state index contributed by atoms with van der Waals surface area (Å²) in [6.07, 6.45) is 13.0. The van der Waals surface area contributed by atoms with Crippen LogP contribution in [0.1, 0.15) is 52.4 Å². The van der Waals surface area contributed by atoms with Gasteiger partial charge in [-0.3, -0.25) is 14.4 Å². The Balaban J connectivity index is 1.61. The van der Waals surface area contributed by atoms with E-state index in [0.29, 0.717) is 19.5 Å². The van der Waals surface area contributed by atoms with E-state index in [9.17, 15) is 19.5 Å². The quantitative estimate of drug-likeness (QED) is 0.599. The molecule has 1 spiro atoms. The van der Waals surface area contributed by atoms with E-state index in [-0.39, 0.29) is 36.3 Å². The second-order valence-corrected chi connectivity index (χ2v) is 11.4. The number of amides is 3. The zero-order valence-corrected chi connectivity index (χ0v) is 21.1. The fourth-order valence-electron chi connectivity index (χ4n) is 7.15. The van der Waals surface area contributed by atoms with Gasteiger partial charge in [-0.1, -0.05) is 57.4 Å². The molecule has 5 rings (SSSR count). The summed E-state index contributed by atoms with van der Waals surface area (Å²) in [7, 11) is 1.74. The molecular formula is C27H39N3O5. The van der Waals surface area contributed by atoms with Gasteiger partial charge in [0, 0.05) is 26.2 Å². The standard InChI is InChI=1S/C27H39N3O5/c1-17(2)15-19(16-31)30-23-26(34)29(18-9-5-4-6-10-18)14-8-12-27(23)22(25(30)33)21-20(35-27)11-7-13-28(3)24(21)32/h7-8,11-12,17-23,31H,4-6,9-10,13-16H2,1-3H3/t19-,20-,21+,22+,23?,27+/m1/s1. The summed E-state index contributed by atoms with van der Waals surface area (Å²) in [5.74, 6) is -1.73. The number of likely N-dealkylation sites (N-methyl/N-ethyl adjacent to an activating group) is 1. The average Bonchev–Trinajstić information content (AvgIpc) is 3.17. The summed E-state index contributed by atoms with van der Waals surface area (Å²) in [6.45, 7) is 4.81. The van der Waals surface area contributed by atoms with E-state index < -0.39 is 35.6 Å². The van der Waals surface area contributed by atoms with Crippen molar-refractivity contribution in [2.75, 3.05) is 26.7 Å².